The lowest BCUT2D eigenvalue weighted by molar-refractivity contribution is 0.391. The van der Waals surface area contributed by atoms with Crippen molar-refractivity contribution in [2.24, 2.45) is 0 Å². The van der Waals surface area contributed by atoms with E-state index in [9.17, 15) is 0 Å². The molecule has 78 valence electrons. The van der Waals surface area contributed by atoms with Gasteiger partial charge in [0.1, 0.15) is 0 Å². The molecule has 16 heavy (non-hydrogen) atoms. The minimum Gasteiger partial charge on any atom is -0.339 e. The van der Waals surface area contributed by atoms with Crippen molar-refractivity contribution >= 4 is 12.2 Å². The zero-order valence-electron chi connectivity index (χ0n) is 8.71. The molecule has 0 aliphatic rings. The van der Waals surface area contributed by atoms with Crippen LogP contribution >= 0.6 is 0 Å². The molecule has 0 bridgehead atoms. The zero-order chi connectivity index (χ0) is 11.4. The van der Waals surface area contributed by atoms with Crippen LogP contribution in [0.4, 0.5) is 0 Å². The molecule has 0 spiro atoms. The van der Waals surface area contributed by atoms with Crippen LogP contribution in [-0.4, -0.2) is 10.1 Å². The fourth-order valence-corrected chi connectivity index (χ4v) is 1.22. The van der Waals surface area contributed by atoms with E-state index in [-0.39, 0.29) is 0 Å². The fraction of sp³-hybridized carbons (Fsp3) is 0.0833. The number of nitriles is 1. The van der Waals surface area contributed by atoms with Crippen LogP contribution in [0.2, 0.25) is 0 Å². The van der Waals surface area contributed by atoms with Gasteiger partial charge in [-0.3, -0.25) is 0 Å². The maximum absolute atomic E-state index is 8.64. The van der Waals surface area contributed by atoms with Crippen molar-refractivity contribution in [3.8, 4) is 6.07 Å². The van der Waals surface area contributed by atoms with Crippen LogP contribution in [0, 0.1) is 18.3 Å². The summed E-state index contributed by atoms with van der Waals surface area (Å²) < 4.78 is 4.83. The highest BCUT2D eigenvalue weighted by Gasteiger charge is 1.96. The van der Waals surface area contributed by atoms with Gasteiger partial charge in [0.05, 0.1) is 11.6 Å². The van der Waals surface area contributed by atoms with Crippen LogP contribution in [0.1, 0.15) is 22.8 Å². The van der Waals surface area contributed by atoms with Crippen molar-refractivity contribution in [1.82, 2.24) is 10.1 Å². The first-order chi connectivity index (χ1) is 7.78. The average Bonchev–Trinajstić information content (AvgIpc) is 2.73. The minimum absolute atomic E-state index is 0.541. The Kier molecular flexibility index (Phi) is 2.79. The maximum Gasteiger partial charge on any atom is 0.223 e. The Hall–Kier alpha value is -2.41. The van der Waals surface area contributed by atoms with E-state index in [1.807, 2.05) is 18.2 Å². The summed E-state index contributed by atoms with van der Waals surface area (Å²) >= 11 is 0. The summed E-state index contributed by atoms with van der Waals surface area (Å²) in [7, 11) is 0. The molecule has 0 atom stereocenters. The van der Waals surface area contributed by atoms with Crippen molar-refractivity contribution in [2.45, 2.75) is 6.92 Å². The number of rotatable bonds is 2. The van der Waals surface area contributed by atoms with E-state index < -0.39 is 0 Å². The predicted molar refractivity (Wildman–Crippen MR) is 59.1 cm³/mol. The second kappa shape index (κ2) is 4.41. The van der Waals surface area contributed by atoms with Crippen LogP contribution in [0.15, 0.2) is 28.8 Å². The molecule has 4 nitrogen and oxygen atoms in total. The molecule has 4 heteroatoms. The Morgan fingerprint density at radius 3 is 2.56 bits per heavy atom. The van der Waals surface area contributed by atoms with Crippen LogP contribution < -0.4 is 0 Å². The van der Waals surface area contributed by atoms with Crippen LogP contribution in [0.25, 0.3) is 12.2 Å². The van der Waals surface area contributed by atoms with Gasteiger partial charge in [0.15, 0.2) is 5.82 Å². The summed E-state index contributed by atoms with van der Waals surface area (Å²) in [6.45, 7) is 1.74. The summed E-state index contributed by atoms with van der Waals surface area (Å²) in [5.41, 5.74) is 1.63. The van der Waals surface area contributed by atoms with Gasteiger partial charge >= 0.3 is 0 Å². The summed E-state index contributed by atoms with van der Waals surface area (Å²) in [4.78, 5) is 4.04. The highest BCUT2D eigenvalue weighted by atomic mass is 16.5. The van der Waals surface area contributed by atoms with Crippen molar-refractivity contribution in [3.05, 3.63) is 47.1 Å². The molecule has 0 amide bonds. The average molecular weight is 211 g/mol. The van der Waals surface area contributed by atoms with E-state index in [0.29, 0.717) is 17.3 Å². The van der Waals surface area contributed by atoms with Gasteiger partial charge in [-0.25, -0.2) is 0 Å². The zero-order valence-corrected chi connectivity index (χ0v) is 8.71. The molecule has 0 saturated heterocycles. The van der Waals surface area contributed by atoms with Gasteiger partial charge in [-0.05, 0) is 23.8 Å². The quantitative estimate of drug-likeness (QED) is 0.765. The first-order valence-electron chi connectivity index (χ1n) is 4.76. The van der Waals surface area contributed by atoms with Crippen molar-refractivity contribution < 1.29 is 4.52 Å². The second-order valence-corrected chi connectivity index (χ2v) is 3.24. The molecule has 0 radical (unpaired) electrons. The van der Waals surface area contributed by atoms with E-state index in [4.69, 9.17) is 9.78 Å². The molecule has 2 aromatic rings. The van der Waals surface area contributed by atoms with E-state index in [0.717, 1.165) is 5.56 Å². The molecule has 1 aromatic carbocycles. The third-order valence-corrected chi connectivity index (χ3v) is 2.01. The highest BCUT2D eigenvalue weighted by Crippen LogP contribution is 2.07. The first-order valence-corrected chi connectivity index (χ1v) is 4.76. The molecule has 0 fully saturated rings. The topological polar surface area (TPSA) is 62.7 Å². The fourth-order valence-electron chi connectivity index (χ4n) is 1.22. The molecule has 2 rings (SSSR count). The third-order valence-electron chi connectivity index (χ3n) is 2.01. The molecule has 1 heterocycles. The van der Waals surface area contributed by atoms with Crippen LogP contribution in [0.3, 0.4) is 0 Å². The molecule has 1 aromatic heterocycles. The smallest absolute Gasteiger partial charge is 0.223 e. The largest absolute Gasteiger partial charge is 0.339 e. The van der Waals surface area contributed by atoms with E-state index >= 15 is 0 Å². The lowest BCUT2D eigenvalue weighted by Crippen LogP contribution is -1.77. The number of nitrogens with zero attached hydrogens (tertiary/aromatic N) is 3. The van der Waals surface area contributed by atoms with Crippen molar-refractivity contribution in [3.63, 3.8) is 0 Å². The molecule has 0 saturated carbocycles. The van der Waals surface area contributed by atoms with Crippen molar-refractivity contribution in [2.75, 3.05) is 0 Å². The molecule has 0 aliphatic carbocycles. The normalized spacial score (nSPS) is 10.5. The Morgan fingerprint density at radius 1 is 1.25 bits per heavy atom. The predicted octanol–water partition coefficient (Wildman–Crippen LogP) is 2.42. The Morgan fingerprint density at radius 2 is 2.00 bits per heavy atom. The first kappa shape index (κ1) is 10.1. The standard InChI is InChI=1S/C12H9N3O/c1-9-14-12(15-16-9)7-6-10-2-4-11(8-13)5-3-10/h2-7H,1H3/b7-6+. The summed E-state index contributed by atoms with van der Waals surface area (Å²) in [5, 5.41) is 12.4. The van der Waals surface area contributed by atoms with E-state index in [1.165, 1.54) is 0 Å². The Labute approximate surface area is 92.8 Å². The minimum atomic E-state index is 0.541. The summed E-state index contributed by atoms with van der Waals surface area (Å²) in [5.74, 6) is 1.08. The van der Waals surface area contributed by atoms with Gasteiger partial charge in [0, 0.05) is 6.92 Å². The van der Waals surface area contributed by atoms with Gasteiger partial charge < -0.3 is 4.52 Å². The van der Waals surface area contributed by atoms with Crippen LogP contribution in [0.5, 0.6) is 0 Å². The lowest BCUT2D eigenvalue weighted by Gasteiger charge is -1.91. The van der Waals surface area contributed by atoms with Gasteiger partial charge in [0.25, 0.3) is 0 Å². The van der Waals surface area contributed by atoms with Gasteiger partial charge in [0.2, 0.25) is 5.89 Å². The molecule has 0 aliphatic heterocycles. The molecule has 0 N–H and O–H groups in total. The van der Waals surface area contributed by atoms with Crippen LogP contribution in [-0.2, 0) is 0 Å². The summed E-state index contributed by atoms with van der Waals surface area (Å²) in [6.07, 6.45) is 3.63. The number of benzene rings is 1. The Balaban J connectivity index is 2.15. The molecular formula is C12H9N3O. The SMILES string of the molecule is Cc1nc(/C=C/c2ccc(C#N)cc2)no1. The molecular weight excluding hydrogens is 202 g/mol. The number of hydrogen-bond donors (Lipinski definition) is 0. The summed E-state index contributed by atoms with van der Waals surface area (Å²) in [6, 6.07) is 9.32. The number of aryl methyl sites for hydroxylation is 1. The molecule has 0 unspecified atom stereocenters. The number of hydrogen-bond acceptors (Lipinski definition) is 4. The third kappa shape index (κ3) is 2.34. The van der Waals surface area contributed by atoms with E-state index in [1.54, 1.807) is 25.1 Å². The van der Waals surface area contributed by atoms with E-state index in [2.05, 4.69) is 16.2 Å². The second-order valence-electron chi connectivity index (χ2n) is 3.24. The van der Waals surface area contributed by atoms with Gasteiger partial charge in [-0.2, -0.15) is 10.2 Å². The lowest BCUT2D eigenvalue weighted by atomic mass is 10.1. The van der Waals surface area contributed by atoms with Crippen molar-refractivity contribution in [1.29, 1.82) is 5.26 Å². The highest BCUT2D eigenvalue weighted by molar-refractivity contribution is 5.66. The Bertz CT molecular complexity index is 546. The maximum atomic E-state index is 8.64. The van der Waals surface area contributed by atoms with Gasteiger partial charge in [-0.1, -0.05) is 23.4 Å². The monoisotopic (exact) mass is 211 g/mol. The number of aromatic nitrogens is 2. The van der Waals surface area contributed by atoms with Gasteiger partial charge in [-0.15, -0.1) is 0 Å².